The Bertz CT molecular complexity index is 1020. The molecule has 6 heteroatoms. The van der Waals surface area contributed by atoms with Crippen LogP contribution in [0, 0.1) is 0 Å². The predicted molar refractivity (Wildman–Crippen MR) is 223 cm³/mol. The number of nitrogens with zero attached hydrogens (tertiary/aromatic N) is 1. The molecule has 0 spiro atoms. The van der Waals surface area contributed by atoms with Crippen LogP contribution in [0.5, 0.6) is 0 Å². The number of amides is 1. The fourth-order valence-electron chi connectivity index (χ4n) is 6.65. The van der Waals surface area contributed by atoms with E-state index < -0.39 is 12.5 Å². The SMILES string of the molecule is CCCCCCCCC=CCCCCCCCC(=O)OC(C)N(C(=O)c1ccccc1)C(C)OC(=O)CCCCCCCC=CCCCCCCCC. The highest BCUT2D eigenvalue weighted by atomic mass is 16.6. The molecule has 0 aliphatic heterocycles. The monoisotopic (exact) mass is 738 g/mol. The molecule has 0 saturated carbocycles. The maximum absolute atomic E-state index is 13.5. The van der Waals surface area contributed by atoms with Crippen LogP contribution in [0.3, 0.4) is 0 Å². The second kappa shape index (κ2) is 34.9. The molecule has 1 aromatic rings. The van der Waals surface area contributed by atoms with Gasteiger partial charge in [0.05, 0.1) is 0 Å². The normalized spacial score (nSPS) is 12.7. The Kier molecular flexibility index (Phi) is 31.6. The Morgan fingerprint density at radius 2 is 0.811 bits per heavy atom. The minimum absolute atomic E-state index is 0.305. The van der Waals surface area contributed by atoms with E-state index in [2.05, 4.69) is 38.2 Å². The lowest BCUT2D eigenvalue weighted by Gasteiger charge is -2.33. The summed E-state index contributed by atoms with van der Waals surface area (Å²) in [5, 5.41) is 0. The molecule has 0 aliphatic carbocycles. The largest absolute Gasteiger partial charge is 0.442 e. The smallest absolute Gasteiger partial charge is 0.307 e. The molecule has 1 rings (SSSR count). The van der Waals surface area contributed by atoms with E-state index in [-0.39, 0.29) is 17.8 Å². The number of unbranched alkanes of at least 4 members (excludes halogenated alkanes) is 22. The van der Waals surface area contributed by atoms with Crippen LogP contribution in [0.15, 0.2) is 54.6 Å². The molecule has 2 atom stereocenters. The van der Waals surface area contributed by atoms with E-state index in [4.69, 9.17) is 9.47 Å². The standard InChI is InChI=1S/C47H79NO5/c1-5-7-9-11-13-15-17-19-21-23-25-27-29-31-36-40-45(49)52-42(3)48(47(51)44-38-34-33-35-39-44)43(4)53-46(50)41-37-32-30-28-26-24-22-20-18-16-14-12-10-8-6-2/h19-22,33-35,38-39,42-43H,5-18,23-32,36-37,40-41H2,1-4H3. The van der Waals surface area contributed by atoms with E-state index in [0.29, 0.717) is 18.4 Å². The number of carbonyl (C=O) groups excluding carboxylic acids is 3. The average molecular weight is 738 g/mol. The molecular formula is C47H79NO5. The van der Waals surface area contributed by atoms with E-state index >= 15 is 0 Å². The zero-order valence-corrected chi connectivity index (χ0v) is 34.6. The second-order valence-electron chi connectivity index (χ2n) is 14.9. The number of hydrogen-bond donors (Lipinski definition) is 0. The van der Waals surface area contributed by atoms with Crippen LogP contribution < -0.4 is 0 Å². The van der Waals surface area contributed by atoms with Gasteiger partial charge in [0.2, 0.25) is 0 Å². The van der Waals surface area contributed by atoms with Gasteiger partial charge in [0, 0.05) is 18.4 Å². The summed E-state index contributed by atoms with van der Waals surface area (Å²) in [6, 6.07) is 8.86. The third-order valence-corrected chi connectivity index (χ3v) is 9.93. The maximum atomic E-state index is 13.5. The quantitative estimate of drug-likeness (QED) is 0.0300. The highest BCUT2D eigenvalue weighted by Crippen LogP contribution is 2.18. The first-order valence-corrected chi connectivity index (χ1v) is 22.0. The van der Waals surface area contributed by atoms with Gasteiger partial charge in [-0.3, -0.25) is 19.3 Å². The summed E-state index contributed by atoms with van der Waals surface area (Å²) in [5.74, 6) is -1.02. The molecule has 2 unspecified atom stereocenters. The summed E-state index contributed by atoms with van der Waals surface area (Å²) in [7, 11) is 0. The number of esters is 2. The molecule has 0 N–H and O–H groups in total. The van der Waals surface area contributed by atoms with Gasteiger partial charge in [-0.2, -0.15) is 0 Å². The highest BCUT2D eigenvalue weighted by Gasteiger charge is 2.31. The van der Waals surface area contributed by atoms with Gasteiger partial charge in [0.1, 0.15) is 0 Å². The fraction of sp³-hybridized carbons (Fsp3) is 0.723. The summed E-state index contributed by atoms with van der Waals surface area (Å²) < 4.78 is 11.5. The summed E-state index contributed by atoms with van der Waals surface area (Å²) >= 11 is 0. The van der Waals surface area contributed by atoms with Gasteiger partial charge >= 0.3 is 11.9 Å². The molecule has 0 heterocycles. The average Bonchev–Trinajstić information content (AvgIpc) is 3.15. The van der Waals surface area contributed by atoms with Crippen LogP contribution >= 0.6 is 0 Å². The van der Waals surface area contributed by atoms with Gasteiger partial charge in [-0.05, 0) is 90.2 Å². The van der Waals surface area contributed by atoms with E-state index in [1.54, 1.807) is 38.1 Å². The van der Waals surface area contributed by atoms with E-state index in [0.717, 1.165) is 64.2 Å². The number of benzene rings is 1. The Labute approximate surface area is 325 Å². The first-order chi connectivity index (χ1) is 25.9. The van der Waals surface area contributed by atoms with Crippen LogP contribution in [-0.2, 0) is 19.1 Å². The van der Waals surface area contributed by atoms with Crippen LogP contribution in [-0.4, -0.2) is 35.2 Å². The highest BCUT2D eigenvalue weighted by molar-refractivity contribution is 5.94. The summed E-state index contributed by atoms with van der Waals surface area (Å²) in [4.78, 5) is 40.5. The minimum Gasteiger partial charge on any atom is -0.442 e. The van der Waals surface area contributed by atoms with Crippen molar-refractivity contribution in [3.05, 3.63) is 60.2 Å². The van der Waals surface area contributed by atoms with Crippen molar-refractivity contribution < 1.29 is 23.9 Å². The van der Waals surface area contributed by atoms with Crippen molar-refractivity contribution >= 4 is 17.8 Å². The minimum atomic E-state index is -0.874. The van der Waals surface area contributed by atoms with Gasteiger partial charge in [0.25, 0.3) is 5.91 Å². The number of allylic oxidation sites excluding steroid dienone is 4. The van der Waals surface area contributed by atoms with Crippen LogP contribution in [0.2, 0.25) is 0 Å². The van der Waals surface area contributed by atoms with E-state index in [1.807, 2.05) is 6.07 Å². The molecule has 0 aliphatic rings. The molecule has 0 fully saturated rings. The van der Waals surface area contributed by atoms with Crippen molar-refractivity contribution in [3.63, 3.8) is 0 Å². The molecule has 302 valence electrons. The van der Waals surface area contributed by atoms with Crippen LogP contribution in [0.4, 0.5) is 0 Å². The molecule has 0 radical (unpaired) electrons. The molecular weight excluding hydrogens is 659 g/mol. The predicted octanol–water partition coefficient (Wildman–Crippen LogP) is 14.0. The van der Waals surface area contributed by atoms with Gasteiger partial charge in [-0.15, -0.1) is 0 Å². The maximum Gasteiger partial charge on any atom is 0.307 e. The molecule has 0 saturated heterocycles. The van der Waals surface area contributed by atoms with E-state index in [1.165, 1.54) is 108 Å². The third kappa shape index (κ3) is 27.4. The lowest BCUT2D eigenvalue weighted by atomic mass is 10.1. The lowest BCUT2D eigenvalue weighted by Crippen LogP contribution is -2.48. The molecule has 1 aromatic carbocycles. The first-order valence-electron chi connectivity index (χ1n) is 22.0. The topological polar surface area (TPSA) is 72.9 Å². The number of hydrogen-bond acceptors (Lipinski definition) is 5. The Morgan fingerprint density at radius 3 is 1.17 bits per heavy atom. The van der Waals surface area contributed by atoms with Crippen molar-refractivity contribution in [1.82, 2.24) is 4.90 Å². The molecule has 53 heavy (non-hydrogen) atoms. The second-order valence-corrected chi connectivity index (χ2v) is 14.9. The fourth-order valence-corrected chi connectivity index (χ4v) is 6.65. The van der Waals surface area contributed by atoms with Crippen molar-refractivity contribution in [2.24, 2.45) is 0 Å². The van der Waals surface area contributed by atoms with Gasteiger partial charge in [-0.1, -0.05) is 159 Å². The number of rotatable bonds is 35. The van der Waals surface area contributed by atoms with Crippen molar-refractivity contribution in [1.29, 1.82) is 0 Å². The Morgan fingerprint density at radius 1 is 0.491 bits per heavy atom. The van der Waals surface area contributed by atoms with E-state index in [9.17, 15) is 14.4 Å². The Hall–Kier alpha value is -2.89. The molecule has 6 nitrogen and oxygen atoms in total. The first kappa shape index (κ1) is 48.1. The van der Waals surface area contributed by atoms with Crippen molar-refractivity contribution in [3.8, 4) is 0 Å². The van der Waals surface area contributed by atoms with Crippen molar-refractivity contribution in [2.75, 3.05) is 0 Å². The Balaban J connectivity index is 2.33. The molecule has 0 aromatic heterocycles. The van der Waals surface area contributed by atoms with Gasteiger partial charge in [0.15, 0.2) is 12.5 Å². The number of ether oxygens (including phenoxy) is 2. The summed E-state index contributed by atoms with van der Waals surface area (Å²) in [6.07, 6.45) is 39.3. The summed E-state index contributed by atoms with van der Waals surface area (Å²) in [5.41, 5.74) is 0.452. The van der Waals surface area contributed by atoms with Gasteiger partial charge in [-0.25, -0.2) is 0 Å². The molecule has 0 bridgehead atoms. The van der Waals surface area contributed by atoms with Crippen molar-refractivity contribution in [2.45, 2.75) is 220 Å². The third-order valence-electron chi connectivity index (χ3n) is 9.93. The molecule has 1 amide bonds. The summed E-state index contributed by atoms with van der Waals surface area (Å²) in [6.45, 7) is 7.86. The number of carbonyl (C=O) groups is 3. The van der Waals surface area contributed by atoms with Crippen LogP contribution in [0.1, 0.15) is 218 Å². The van der Waals surface area contributed by atoms with Crippen LogP contribution in [0.25, 0.3) is 0 Å². The van der Waals surface area contributed by atoms with Gasteiger partial charge < -0.3 is 9.47 Å². The zero-order valence-electron chi connectivity index (χ0n) is 34.6. The lowest BCUT2D eigenvalue weighted by molar-refractivity contribution is -0.172. The zero-order chi connectivity index (χ0) is 38.6.